The fraction of sp³-hybridized carbons (Fsp3) is 0.600. The minimum atomic E-state index is 0.213. The molecule has 1 aromatic carbocycles. The van der Waals surface area contributed by atoms with Crippen LogP contribution in [0.5, 0.6) is 0 Å². The Bertz CT molecular complexity index is 317. The van der Waals surface area contributed by atoms with E-state index in [0.717, 1.165) is 11.6 Å². The molecule has 2 heteroatoms. The molecule has 1 aliphatic carbocycles. The summed E-state index contributed by atoms with van der Waals surface area (Å²) < 4.78 is 0. The van der Waals surface area contributed by atoms with Gasteiger partial charge in [-0.05, 0) is 36.8 Å². The minimum absolute atomic E-state index is 0.213. The lowest BCUT2D eigenvalue weighted by molar-refractivity contribution is 0.193. The van der Waals surface area contributed by atoms with E-state index in [2.05, 4.69) is 24.4 Å². The molecular formula is C15H23NO. The fourth-order valence-corrected chi connectivity index (χ4v) is 2.75. The minimum Gasteiger partial charge on any atom is -0.394 e. The van der Waals surface area contributed by atoms with Crippen LogP contribution in [0.4, 0.5) is 5.69 Å². The summed E-state index contributed by atoms with van der Waals surface area (Å²) in [7, 11) is 0. The first-order valence-corrected chi connectivity index (χ1v) is 6.72. The van der Waals surface area contributed by atoms with Crippen molar-refractivity contribution >= 4 is 5.69 Å². The number of benzene rings is 1. The quantitative estimate of drug-likeness (QED) is 0.836. The summed E-state index contributed by atoms with van der Waals surface area (Å²) in [6.07, 6.45) is 5.09. The Hall–Kier alpha value is -1.02. The van der Waals surface area contributed by atoms with E-state index in [-0.39, 0.29) is 12.6 Å². The lowest BCUT2D eigenvalue weighted by Gasteiger charge is -2.32. The molecule has 0 aliphatic heterocycles. The van der Waals surface area contributed by atoms with Gasteiger partial charge in [0.25, 0.3) is 0 Å². The van der Waals surface area contributed by atoms with Crippen molar-refractivity contribution < 1.29 is 5.11 Å². The highest BCUT2D eigenvalue weighted by molar-refractivity contribution is 5.43. The van der Waals surface area contributed by atoms with Gasteiger partial charge in [-0.1, -0.05) is 38.0 Å². The van der Waals surface area contributed by atoms with Gasteiger partial charge in [-0.3, -0.25) is 0 Å². The van der Waals surface area contributed by atoms with Crippen molar-refractivity contribution in [1.82, 2.24) is 0 Å². The van der Waals surface area contributed by atoms with Crippen LogP contribution in [-0.4, -0.2) is 17.8 Å². The molecular weight excluding hydrogens is 210 g/mol. The van der Waals surface area contributed by atoms with E-state index >= 15 is 0 Å². The molecule has 1 aliphatic rings. The van der Waals surface area contributed by atoms with Crippen molar-refractivity contribution in [3.8, 4) is 0 Å². The molecule has 0 bridgehead atoms. The topological polar surface area (TPSA) is 32.3 Å². The third kappa shape index (κ3) is 3.47. The SMILES string of the molecule is CC1CCC(C(CO)Nc2ccccc2)CC1. The highest BCUT2D eigenvalue weighted by atomic mass is 16.3. The Kier molecular flexibility index (Phi) is 4.43. The standard InChI is InChI=1S/C15H23NO/c1-12-7-9-13(10-8-12)15(11-17)16-14-5-3-2-4-6-14/h2-6,12-13,15-17H,7-11H2,1H3. The van der Waals surface area contributed by atoms with Crippen molar-refractivity contribution in [3.63, 3.8) is 0 Å². The second-order valence-electron chi connectivity index (χ2n) is 5.32. The maximum absolute atomic E-state index is 9.54. The Balaban J connectivity index is 1.92. The Morgan fingerprint density at radius 1 is 1.18 bits per heavy atom. The molecule has 0 radical (unpaired) electrons. The molecule has 2 rings (SSSR count). The van der Waals surface area contributed by atoms with Crippen molar-refractivity contribution in [3.05, 3.63) is 30.3 Å². The summed E-state index contributed by atoms with van der Waals surface area (Å²) in [5.41, 5.74) is 1.12. The van der Waals surface area contributed by atoms with Crippen LogP contribution in [0.15, 0.2) is 30.3 Å². The molecule has 0 saturated heterocycles. The number of hydrogen-bond donors (Lipinski definition) is 2. The zero-order valence-corrected chi connectivity index (χ0v) is 10.6. The van der Waals surface area contributed by atoms with E-state index in [9.17, 15) is 5.11 Å². The van der Waals surface area contributed by atoms with Gasteiger partial charge < -0.3 is 10.4 Å². The van der Waals surface area contributed by atoms with E-state index in [1.165, 1.54) is 25.7 Å². The van der Waals surface area contributed by atoms with E-state index < -0.39 is 0 Å². The molecule has 1 unspecified atom stereocenters. The zero-order valence-electron chi connectivity index (χ0n) is 10.6. The first kappa shape index (κ1) is 12.4. The van der Waals surface area contributed by atoms with Gasteiger partial charge in [0.2, 0.25) is 0 Å². The summed E-state index contributed by atoms with van der Waals surface area (Å²) >= 11 is 0. The lowest BCUT2D eigenvalue weighted by atomic mass is 9.79. The van der Waals surface area contributed by atoms with Gasteiger partial charge in [0, 0.05) is 5.69 Å². The molecule has 0 amide bonds. The number of aliphatic hydroxyl groups excluding tert-OH is 1. The normalized spacial score (nSPS) is 26.5. The fourth-order valence-electron chi connectivity index (χ4n) is 2.75. The molecule has 0 spiro atoms. The summed E-state index contributed by atoms with van der Waals surface area (Å²) in [5.74, 6) is 1.48. The third-order valence-electron chi connectivity index (χ3n) is 3.95. The van der Waals surface area contributed by atoms with Crippen LogP contribution in [0, 0.1) is 11.8 Å². The Morgan fingerprint density at radius 2 is 1.82 bits per heavy atom. The molecule has 94 valence electrons. The number of hydrogen-bond acceptors (Lipinski definition) is 2. The van der Waals surface area contributed by atoms with Crippen LogP contribution >= 0.6 is 0 Å². The van der Waals surface area contributed by atoms with Crippen LogP contribution in [0.1, 0.15) is 32.6 Å². The van der Waals surface area contributed by atoms with Crippen molar-refractivity contribution in [2.24, 2.45) is 11.8 Å². The lowest BCUT2D eigenvalue weighted by Crippen LogP contribution is -2.34. The van der Waals surface area contributed by atoms with E-state index in [1.807, 2.05) is 18.2 Å². The summed E-state index contributed by atoms with van der Waals surface area (Å²) in [6, 6.07) is 10.4. The van der Waals surface area contributed by atoms with E-state index in [4.69, 9.17) is 0 Å². The summed E-state index contributed by atoms with van der Waals surface area (Å²) in [6.45, 7) is 2.56. The molecule has 0 aromatic heterocycles. The maximum Gasteiger partial charge on any atom is 0.0635 e. The van der Waals surface area contributed by atoms with Gasteiger partial charge in [-0.15, -0.1) is 0 Å². The van der Waals surface area contributed by atoms with Crippen molar-refractivity contribution in [2.45, 2.75) is 38.6 Å². The van der Waals surface area contributed by atoms with Crippen molar-refractivity contribution in [1.29, 1.82) is 0 Å². The smallest absolute Gasteiger partial charge is 0.0635 e. The average molecular weight is 233 g/mol. The first-order valence-electron chi connectivity index (χ1n) is 6.72. The van der Waals surface area contributed by atoms with Crippen LogP contribution in [0.25, 0.3) is 0 Å². The maximum atomic E-state index is 9.54. The van der Waals surface area contributed by atoms with Crippen LogP contribution < -0.4 is 5.32 Å². The monoisotopic (exact) mass is 233 g/mol. The average Bonchev–Trinajstić information content (AvgIpc) is 2.38. The van der Waals surface area contributed by atoms with Gasteiger partial charge in [-0.25, -0.2) is 0 Å². The number of nitrogens with one attached hydrogen (secondary N) is 1. The zero-order chi connectivity index (χ0) is 12.1. The van der Waals surface area contributed by atoms with Gasteiger partial charge >= 0.3 is 0 Å². The van der Waals surface area contributed by atoms with Gasteiger partial charge in [0.1, 0.15) is 0 Å². The molecule has 0 heterocycles. The predicted octanol–water partition coefficient (Wildman–Crippen LogP) is 3.29. The second kappa shape index (κ2) is 6.06. The molecule has 1 saturated carbocycles. The molecule has 2 nitrogen and oxygen atoms in total. The molecule has 1 fully saturated rings. The predicted molar refractivity (Wildman–Crippen MR) is 72.1 cm³/mol. The van der Waals surface area contributed by atoms with Gasteiger partial charge in [0.05, 0.1) is 12.6 Å². The highest BCUT2D eigenvalue weighted by Gasteiger charge is 2.25. The third-order valence-corrected chi connectivity index (χ3v) is 3.95. The molecule has 1 atom stereocenters. The van der Waals surface area contributed by atoms with Crippen LogP contribution in [-0.2, 0) is 0 Å². The molecule has 17 heavy (non-hydrogen) atoms. The van der Waals surface area contributed by atoms with E-state index in [0.29, 0.717) is 5.92 Å². The molecule has 1 aromatic rings. The number of rotatable bonds is 4. The first-order chi connectivity index (χ1) is 8.29. The van der Waals surface area contributed by atoms with Gasteiger partial charge in [0.15, 0.2) is 0 Å². The number of anilines is 1. The van der Waals surface area contributed by atoms with Crippen LogP contribution in [0.2, 0.25) is 0 Å². The number of aliphatic hydroxyl groups is 1. The number of para-hydroxylation sites is 1. The summed E-state index contributed by atoms with van der Waals surface area (Å²) in [4.78, 5) is 0. The van der Waals surface area contributed by atoms with Crippen molar-refractivity contribution in [2.75, 3.05) is 11.9 Å². The van der Waals surface area contributed by atoms with Gasteiger partial charge in [-0.2, -0.15) is 0 Å². The van der Waals surface area contributed by atoms with E-state index in [1.54, 1.807) is 0 Å². The highest BCUT2D eigenvalue weighted by Crippen LogP contribution is 2.31. The Labute approximate surface area is 104 Å². The molecule has 2 N–H and O–H groups in total. The summed E-state index contributed by atoms with van der Waals surface area (Å²) in [5, 5.41) is 13.0. The Morgan fingerprint density at radius 3 is 2.41 bits per heavy atom. The largest absolute Gasteiger partial charge is 0.394 e. The second-order valence-corrected chi connectivity index (χ2v) is 5.32. The van der Waals surface area contributed by atoms with Crippen LogP contribution in [0.3, 0.4) is 0 Å².